The second-order valence-electron chi connectivity index (χ2n) is 8.33. The minimum Gasteiger partial charge on any atom is -0.497 e. The number of rotatable bonds is 7. The van der Waals surface area contributed by atoms with Gasteiger partial charge in [-0.15, -0.1) is 0 Å². The number of carbonyl (C=O) groups excluding carboxylic acids is 2. The highest BCUT2D eigenvalue weighted by atomic mass is 16.6. The summed E-state index contributed by atoms with van der Waals surface area (Å²) in [5.41, 5.74) is 0.965. The molecule has 0 radical (unpaired) electrons. The quantitative estimate of drug-likeness (QED) is 0.347. The number of nitrogens with one attached hydrogen (secondary N) is 1. The number of hydrogen-bond donors (Lipinski definition) is 1. The van der Waals surface area contributed by atoms with Crippen LogP contribution < -0.4 is 29.9 Å². The average molecular weight is 519 g/mol. The van der Waals surface area contributed by atoms with Gasteiger partial charge in [0, 0.05) is 30.6 Å². The molecule has 2 amide bonds. The number of methoxy groups -OCH3 is 3. The van der Waals surface area contributed by atoms with Gasteiger partial charge in [0.05, 0.1) is 21.3 Å². The zero-order valence-corrected chi connectivity index (χ0v) is 21.5. The molecule has 1 heterocycles. The summed E-state index contributed by atoms with van der Waals surface area (Å²) in [6.45, 7) is 0. The second-order valence-corrected chi connectivity index (χ2v) is 8.33. The van der Waals surface area contributed by atoms with E-state index >= 15 is 0 Å². The molecule has 0 atom stereocenters. The summed E-state index contributed by atoms with van der Waals surface area (Å²) in [6.07, 6.45) is -0.623. The molecule has 0 spiro atoms. The number of anilines is 1. The summed E-state index contributed by atoms with van der Waals surface area (Å²) in [4.78, 5) is 39.1. The van der Waals surface area contributed by atoms with E-state index in [1.54, 1.807) is 38.5 Å². The highest BCUT2D eigenvalue weighted by molar-refractivity contribution is 6.06. The monoisotopic (exact) mass is 518 g/mol. The standard InChI is InChI=1S/C28H26N2O8/c1-30(2)28(33)37-23-12-9-17-15-21(27(32)38-24(17)25(23)36-5)29-26(31)18-10-11-22(35-4)20(14-18)16-7-6-8-19(13-16)34-3/h6-15H,1-5H3,(H,29,31). The van der Waals surface area contributed by atoms with Crippen LogP contribution in [0.3, 0.4) is 0 Å². The Labute approximate surface area is 218 Å². The maximum atomic E-state index is 13.1. The van der Waals surface area contributed by atoms with Crippen molar-refractivity contribution in [2.75, 3.05) is 40.7 Å². The molecule has 196 valence electrons. The molecule has 4 aromatic rings. The summed E-state index contributed by atoms with van der Waals surface area (Å²) in [5.74, 6) is 0.862. The number of benzene rings is 3. The zero-order chi connectivity index (χ0) is 27.4. The summed E-state index contributed by atoms with van der Waals surface area (Å²) < 4.78 is 26.9. The third-order valence-corrected chi connectivity index (χ3v) is 5.68. The van der Waals surface area contributed by atoms with E-state index in [0.29, 0.717) is 28.0 Å². The van der Waals surface area contributed by atoms with E-state index in [-0.39, 0.29) is 22.8 Å². The molecule has 3 aromatic carbocycles. The SMILES string of the molecule is COc1cccc(-c2cc(C(=O)Nc3cc4ccc(OC(=O)N(C)C)c(OC)c4oc3=O)ccc2OC)c1. The number of ether oxygens (including phenoxy) is 4. The topological polar surface area (TPSA) is 117 Å². The Morgan fingerprint density at radius 2 is 1.63 bits per heavy atom. The number of fused-ring (bicyclic) bond motifs is 1. The molecule has 0 aliphatic heterocycles. The Morgan fingerprint density at radius 3 is 2.32 bits per heavy atom. The summed E-state index contributed by atoms with van der Waals surface area (Å²) in [5, 5.41) is 3.07. The van der Waals surface area contributed by atoms with Crippen molar-refractivity contribution in [2.45, 2.75) is 0 Å². The van der Waals surface area contributed by atoms with Gasteiger partial charge in [0.1, 0.15) is 17.2 Å². The zero-order valence-electron chi connectivity index (χ0n) is 21.5. The van der Waals surface area contributed by atoms with Crippen molar-refractivity contribution in [1.29, 1.82) is 0 Å². The maximum absolute atomic E-state index is 13.1. The number of nitrogens with zero attached hydrogens (tertiary/aromatic N) is 1. The van der Waals surface area contributed by atoms with E-state index in [1.165, 1.54) is 38.2 Å². The van der Waals surface area contributed by atoms with Gasteiger partial charge in [0.25, 0.3) is 5.91 Å². The smallest absolute Gasteiger partial charge is 0.414 e. The lowest BCUT2D eigenvalue weighted by Crippen LogP contribution is -2.25. The fourth-order valence-corrected chi connectivity index (χ4v) is 3.75. The lowest BCUT2D eigenvalue weighted by Gasteiger charge is -2.14. The molecular weight excluding hydrogens is 492 g/mol. The Bertz CT molecular complexity index is 1580. The van der Waals surface area contributed by atoms with Crippen molar-refractivity contribution in [3.05, 3.63) is 76.6 Å². The normalized spacial score (nSPS) is 10.6. The molecule has 10 heteroatoms. The predicted molar refractivity (Wildman–Crippen MR) is 142 cm³/mol. The van der Waals surface area contributed by atoms with Crippen LogP contribution in [0.2, 0.25) is 0 Å². The van der Waals surface area contributed by atoms with E-state index in [2.05, 4.69) is 5.32 Å². The Hall–Kier alpha value is -4.99. The molecule has 0 aliphatic carbocycles. The molecule has 38 heavy (non-hydrogen) atoms. The van der Waals surface area contributed by atoms with E-state index in [0.717, 1.165) is 5.56 Å². The van der Waals surface area contributed by atoms with Gasteiger partial charge < -0.3 is 33.6 Å². The van der Waals surface area contributed by atoms with E-state index in [4.69, 9.17) is 23.4 Å². The predicted octanol–water partition coefficient (Wildman–Crippen LogP) is 4.80. The van der Waals surface area contributed by atoms with Crippen LogP contribution in [-0.2, 0) is 0 Å². The van der Waals surface area contributed by atoms with Crippen LogP contribution in [0.4, 0.5) is 10.5 Å². The van der Waals surface area contributed by atoms with E-state index in [1.807, 2.05) is 24.3 Å². The van der Waals surface area contributed by atoms with Gasteiger partial charge in [-0.25, -0.2) is 9.59 Å². The van der Waals surface area contributed by atoms with Gasteiger partial charge in [0.2, 0.25) is 5.75 Å². The largest absolute Gasteiger partial charge is 0.497 e. The summed E-state index contributed by atoms with van der Waals surface area (Å²) in [7, 11) is 7.55. The van der Waals surface area contributed by atoms with Crippen molar-refractivity contribution in [1.82, 2.24) is 4.90 Å². The van der Waals surface area contributed by atoms with Crippen LogP contribution in [0.1, 0.15) is 10.4 Å². The fraction of sp³-hybridized carbons (Fsp3) is 0.179. The number of hydrogen-bond acceptors (Lipinski definition) is 8. The minimum atomic E-state index is -0.804. The molecule has 0 saturated carbocycles. The van der Waals surface area contributed by atoms with E-state index in [9.17, 15) is 14.4 Å². The van der Waals surface area contributed by atoms with Gasteiger partial charge in [-0.05, 0) is 54.1 Å². The second kappa shape index (κ2) is 11.0. The lowest BCUT2D eigenvalue weighted by molar-refractivity contribution is 0.102. The van der Waals surface area contributed by atoms with Gasteiger partial charge in [-0.3, -0.25) is 4.79 Å². The molecule has 0 bridgehead atoms. The van der Waals surface area contributed by atoms with Crippen molar-refractivity contribution in [3.8, 4) is 34.1 Å². The van der Waals surface area contributed by atoms with Crippen molar-refractivity contribution in [2.24, 2.45) is 0 Å². The van der Waals surface area contributed by atoms with Gasteiger partial charge in [-0.2, -0.15) is 0 Å². The third-order valence-electron chi connectivity index (χ3n) is 5.68. The van der Waals surface area contributed by atoms with Crippen LogP contribution >= 0.6 is 0 Å². The lowest BCUT2D eigenvalue weighted by atomic mass is 10.0. The molecule has 1 N–H and O–H groups in total. The Morgan fingerprint density at radius 1 is 0.868 bits per heavy atom. The highest BCUT2D eigenvalue weighted by Crippen LogP contribution is 2.36. The number of amides is 2. The fourth-order valence-electron chi connectivity index (χ4n) is 3.75. The molecule has 0 saturated heterocycles. The average Bonchev–Trinajstić information content (AvgIpc) is 2.93. The van der Waals surface area contributed by atoms with Crippen molar-refractivity contribution < 1.29 is 33.0 Å². The molecule has 10 nitrogen and oxygen atoms in total. The summed E-state index contributed by atoms with van der Waals surface area (Å²) >= 11 is 0. The molecule has 0 unspecified atom stereocenters. The minimum absolute atomic E-state index is 0.0682. The highest BCUT2D eigenvalue weighted by Gasteiger charge is 2.19. The van der Waals surface area contributed by atoms with Crippen molar-refractivity contribution in [3.63, 3.8) is 0 Å². The molecule has 4 rings (SSSR count). The van der Waals surface area contributed by atoms with Crippen LogP contribution in [0.25, 0.3) is 22.1 Å². The third kappa shape index (κ3) is 5.24. The van der Waals surface area contributed by atoms with Crippen LogP contribution in [0.5, 0.6) is 23.0 Å². The van der Waals surface area contributed by atoms with E-state index < -0.39 is 17.6 Å². The number of carbonyl (C=O) groups is 2. The first-order chi connectivity index (χ1) is 18.2. The van der Waals surface area contributed by atoms with Crippen LogP contribution in [0, 0.1) is 0 Å². The van der Waals surface area contributed by atoms with Gasteiger partial charge in [0.15, 0.2) is 11.3 Å². The molecule has 0 aliphatic rings. The van der Waals surface area contributed by atoms with Crippen LogP contribution in [-0.4, -0.2) is 52.3 Å². The molecular formula is C28H26N2O8. The first-order valence-corrected chi connectivity index (χ1v) is 11.4. The Kier molecular flexibility index (Phi) is 7.52. The van der Waals surface area contributed by atoms with Crippen molar-refractivity contribution >= 4 is 28.7 Å². The first-order valence-electron chi connectivity index (χ1n) is 11.4. The maximum Gasteiger partial charge on any atom is 0.414 e. The molecule has 1 aromatic heterocycles. The van der Waals surface area contributed by atoms with Gasteiger partial charge in [-0.1, -0.05) is 12.1 Å². The first kappa shape index (κ1) is 26.1. The molecule has 0 fully saturated rings. The Balaban J connectivity index is 1.67. The summed E-state index contributed by atoms with van der Waals surface area (Å²) in [6, 6.07) is 16.8. The van der Waals surface area contributed by atoms with Gasteiger partial charge >= 0.3 is 11.7 Å². The van der Waals surface area contributed by atoms with Crippen LogP contribution in [0.15, 0.2) is 69.9 Å².